The van der Waals surface area contributed by atoms with Crippen LogP contribution in [-0.2, 0) is 23.4 Å². The first-order chi connectivity index (χ1) is 13.6. The summed E-state index contributed by atoms with van der Waals surface area (Å²) in [6, 6.07) is 11.7. The highest BCUT2D eigenvalue weighted by Gasteiger charge is 2.19. The zero-order valence-electron chi connectivity index (χ0n) is 16.0. The van der Waals surface area contributed by atoms with E-state index in [1.807, 2.05) is 30.3 Å². The zero-order chi connectivity index (χ0) is 19.9. The van der Waals surface area contributed by atoms with Crippen LogP contribution in [-0.4, -0.2) is 24.3 Å². The molecule has 0 saturated carbocycles. The van der Waals surface area contributed by atoms with Crippen molar-refractivity contribution < 1.29 is 9.53 Å². The molecule has 1 amide bonds. The van der Waals surface area contributed by atoms with E-state index in [2.05, 4.69) is 11.4 Å². The number of hydrogen-bond acceptors (Lipinski definition) is 3. The number of hydrogen-bond donors (Lipinski definition) is 1. The third-order valence-corrected chi connectivity index (χ3v) is 6.57. The normalized spacial score (nSPS) is 14.2. The monoisotopic (exact) mass is 437 g/mol. The summed E-state index contributed by atoms with van der Waals surface area (Å²) in [4.78, 5) is 12.4. The molecule has 0 fully saturated rings. The van der Waals surface area contributed by atoms with E-state index in [0.29, 0.717) is 16.6 Å². The molecule has 2 aromatic carbocycles. The standard InChI is InChI=1S/C22H25Cl2NO2S/c1-15(27-21-11-4-7-16-6-2-3-8-17(16)21)22(26)25-12-13-28-14-18-19(23)9-5-10-20(18)24/h4-5,7,9-11,15H,2-3,6,8,12-14H2,1H3,(H,25,26)/t15-/m1/s1. The highest BCUT2D eigenvalue weighted by atomic mass is 35.5. The average Bonchev–Trinajstić information content (AvgIpc) is 2.69. The number of nitrogens with one attached hydrogen (secondary N) is 1. The molecule has 1 N–H and O–H groups in total. The largest absolute Gasteiger partial charge is 0.481 e. The van der Waals surface area contributed by atoms with Gasteiger partial charge in [-0.25, -0.2) is 0 Å². The number of amides is 1. The first kappa shape index (κ1) is 21.4. The molecule has 0 saturated heterocycles. The Labute approximate surface area is 181 Å². The second-order valence-electron chi connectivity index (χ2n) is 6.90. The van der Waals surface area contributed by atoms with Gasteiger partial charge in [-0.1, -0.05) is 41.4 Å². The Bertz CT molecular complexity index is 808. The second-order valence-corrected chi connectivity index (χ2v) is 8.82. The Hall–Kier alpha value is -1.36. The van der Waals surface area contributed by atoms with Crippen molar-refractivity contribution in [2.45, 2.75) is 44.5 Å². The third-order valence-electron chi connectivity index (χ3n) is 4.88. The second kappa shape index (κ2) is 10.4. The summed E-state index contributed by atoms with van der Waals surface area (Å²) in [5.74, 6) is 2.25. The van der Waals surface area contributed by atoms with Gasteiger partial charge in [0.2, 0.25) is 0 Å². The van der Waals surface area contributed by atoms with Gasteiger partial charge in [-0.2, -0.15) is 11.8 Å². The predicted molar refractivity (Wildman–Crippen MR) is 119 cm³/mol. The number of halogens is 2. The fourth-order valence-electron chi connectivity index (χ4n) is 3.34. The molecule has 2 aromatic rings. The molecule has 1 atom stereocenters. The number of aryl methyl sites for hydroxylation is 1. The van der Waals surface area contributed by atoms with Crippen LogP contribution in [0.2, 0.25) is 10.0 Å². The third kappa shape index (κ3) is 5.59. The average molecular weight is 438 g/mol. The summed E-state index contributed by atoms with van der Waals surface area (Å²) >= 11 is 14.0. The van der Waals surface area contributed by atoms with E-state index in [4.69, 9.17) is 27.9 Å². The molecule has 150 valence electrons. The molecule has 3 rings (SSSR count). The maximum atomic E-state index is 12.4. The van der Waals surface area contributed by atoms with Crippen LogP contribution < -0.4 is 10.1 Å². The molecule has 0 aromatic heterocycles. The van der Waals surface area contributed by atoms with Crippen LogP contribution in [0, 0.1) is 0 Å². The molecular formula is C22H25Cl2NO2S. The van der Waals surface area contributed by atoms with Crippen molar-refractivity contribution in [1.82, 2.24) is 5.32 Å². The molecule has 28 heavy (non-hydrogen) atoms. The minimum Gasteiger partial charge on any atom is -0.481 e. The quantitative estimate of drug-likeness (QED) is 0.538. The van der Waals surface area contributed by atoms with Gasteiger partial charge in [-0.15, -0.1) is 0 Å². The summed E-state index contributed by atoms with van der Waals surface area (Å²) in [6.45, 7) is 2.38. The highest BCUT2D eigenvalue weighted by molar-refractivity contribution is 7.98. The van der Waals surface area contributed by atoms with E-state index >= 15 is 0 Å². The van der Waals surface area contributed by atoms with Crippen LogP contribution >= 0.6 is 35.0 Å². The van der Waals surface area contributed by atoms with Gasteiger partial charge in [-0.3, -0.25) is 4.79 Å². The minimum atomic E-state index is -0.517. The van der Waals surface area contributed by atoms with Crippen molar-refractivity contribution >= 4 is 40.9 Å². The first-order valence-corrected chi connectivity index (χ1v) is 11.5. The molecule has 3 nitrogen and oxygen atoms in total. The SMILES string of the molecule is C[C@@H](Oc1cccc2c1CCCC2)C(=O)NCCSCc1c(Cl)cccc1Cl. The van der Waals surface area contributed by atoms with Gasteiger partial charge >= 0.3 is 0 Å². The highest BCUT2D eigenvalue weighted by Crippen LogP contribution is 2.30. The maximum absolute atomic E-state index is 12.4. The van der Waals surface area contributed by atoms with E-state index in [0.717, 1.165) is 35.7 Å². The Morgan fingerprint density at radius 1 is 1.14 bits per heavy atom. The Balaban J connectivity index is 1.43. The maximum Gasteiger partial charge on any atom is 0.260 e. The number of fused-ring (bicyclic) bond motifs is 1. The van der Waals surface area contributed by atoms with Crippen LogP contribution in [0.1, 0.15) is 36.5 Å². The molecule has 0 bridgehead atoms. The van der Waals surface area contributed by atoms with Gasteiger partial charge in [0.05, 0.1) is 0 Å². The summed E-state index contributed by atoms with van der Waals surface area (Å²) in [6.07, 6.45) is 4.02. The Kier molecular flexibility index (Phi) is 7.95. The smallest absolute Gasteiger partial charge is 0.260 e. The zero-order valence-corrected chi connectivity index (χ0v) is 18.3. The van der Waals surface area contributed by atoms with Crippen molar-refractivity contribution in [2.75, 3.05) is 12.3 Å². The van der Waals surface area contributed by atoms with E-state index < -0.39 is 6.10 Å². The molecule has 1 aliphatic rings. The molecular weight excluding hydrogens is 413 g/mol. The number of carbonyl (C=O) groups is 1. The fourth-order valence-corrected chi connectivity index (χ4v) is 4.93. The van der Waals surface area contributed by atoms with E-state index in [9.17, 15) is 4.79 Å². The van der Waals surface area contributed by atoms with Crippen LogP contribution in [0.4, 0.5) is 0 Å². The van der Waals surface area contributed by atoms with Gasteiger partial charge in [-0.05, 0) is 67.5 Å². The summed E-state index contributed by atoms with van der Waals surface area (Å²) < 4.78 is 5.98. The van der Waals surface area contributed by atoms with Crippen LogP contribution in [0.25, 0.3) is 0 Å². The van der Waals surface area contributed by atoms with Crippen molar-refractivity contribution in [3.05, 3.63) is 63.1 Å². The molecule has 0 spiro atoms. The first-order valence-electron chi connectivity index (χ1n) is 9.62. The molecule has 0 radical (unpaired) electrons. The topological polar surface area (TPSA) is 38.3 Å². The molecule has 0 heterocycles. The van der Waals surface area contributed by atoms with Gasteiger partial charge in [0.1, 0.15) is 5.75 Å². The molecule has 6 heteroatoms. The number of thioether (sulfide) groups is 1. The lowest BCUT2D eigenvalue weighted by Crippen LogP contribution is -2.37. The number of benzene rings is 2. The molecule has 0 unspecified atom stereocenters. The minimum absolute atomic E-state index is 0.0928. The lowest BCUT2D eigenvalue weighted by Gasteiger charge is -2.22. The van der Waals surface area contributed by atoms with Gasteiger partial charge < -0.3 is 10.1 Å². The Morgan fingerprint density at radius 3 is 2.64 bits per heavy atom. The lowest BCUT2D eigenvalue weighted by atomic mass is 9.91. The Morgan fingerprint density at radius 2 is 1.86 bits per heavy atom. The van der Waals surface area contributed by atoms with Crippen molar-refractivity contribution in [3.63, 3.8) is 0 Å². The van der Waals surface area contributed by atoms with E-state index in [1.165, 1.54) is 24.0 Å². The van der Waals surface area contributed by atoms with Gasteiger partial charge in [0.15, 0.2) is 6.10 Å². The summed E-state index contributed by atoms with van der Waals surface area (Å²) in [5.41, 5.74) is 3.55. The molecule has 0 aliphatic heterocycles. The van der Waals surface area contributed by atoms with Gasteiger partial charge in [0.25, 0.3) is 5.91 Å². The number of carbonyl (C=O) groups excluding carboxylic acids is 1. The van der Waals surface area contributed by atoms with Crippen molar-refractivity contribution in [3.8, 4) is 5.75 Å². The van der Waals surface area contributed by atoms with Crippen molar-refractivity contribution in [1.29, 1.82) is 0 Å². The van der Waals surface area contributed by atoms with Crippen LogP contribution in [0.15, 0.2) is 36.4 Å². The van der Waals surface area contributed by atoms with Crippen molar-refractivity contribution in [2.24, 2.45) is 0 Å². The molecule has 1 aliphatic carbocycles. The van der Waals surface area contributed by atoms with Crippen LogP contribution in [0.3, 0.4) is 0 Å². The predicted octanol–water partition coefficient (Wildman–Crippen LogP) is 5.69. The van der Waals surface area contributed by atoms with Crippen LogP contribution in [0.5, 0.6) is 5.75 Å². The van der Waals surface area contributed by atoms with E-state index in [-0.39, 0.29) is 5.91 Å². The number of rotatable bonds is 8. The number of ether oxygens (including phenoxy) is 1. The lowest BCUT2D eigenvalue weighted by molar-refractivity contribution is -0.127. The van der Waals surface area contributed by atoms with E-state index in [1.54, 1.807) is 18.7 Å². The fraction of sp³-hybridized carbons (Fsp3) is 0.409. The van der Waals surface area contributed by atoms with Gasteiger partial charge in [0, 0.05) is 28.1 Å². The summed E-state index contributed by atoms with van der Waals surface area (Å²) in [7, 11) is 0. The summed E-state index contributed by atoms with van der Waals surface area (Å²) in [5, 5.41) is 4.30.